The maximum absolute atomic E-state index is 11.3. The summed E-state index contributed by atoms with van der Waals surface area (Å²) in [5, 5.41) is 0. The van der Waals surface area contributed by atoms with Crippen molar-refractivity contribution in [3.8, 4) is 0 Å². The third-order valence-corrected chi connectivity index (χ3v) is 3.17. The van der Waals surface area contributed by atoms with E-state index in [1.165, 1.54) is 38.5 Å². The summed E-state index contributed by atoms with van der Waals surface area (Å²) in [5.41, 5.74) is 0. The maximum Gasteiger partial charge on any atom is 0.309 e. The highest BCUT2D eigenvalue weighted by molar-refractivity contribution is 5.74. The lowest BCUT2D eigenvalue weighted by molar-refractivity contribution is -0.143. The number of ether oxygens (including phenoxy) is 1. The van der Waals surface area contributed by atoms with Crippen molar-refractivity contribution in [2.24, 2.45) is 5.92 Å². The van der Waals surface area contributed by atoms with E-state index in [1.54, 1.807) is 0 Å². The molecule has 1 unspecified atom stereocenters. The second-order valence-electron chi connectivity index (χ2n) is 4.74. The van der Waals surface area contributed by atoms with E-state index in [4.69, 9.17) is 4.74 Å². The van der Waals surface area contributed by atoms with Gasteiger partial charge in [-0.15, -0.1) is 0 Å². The Morgan fingerprint density at radius 2 is 1.87 bits per heavy atom. The zero-order valence-electron chi connectivity index (χ0n) is 10.1. The number of unbranched alkanes of at least 4 members (excludes halogenated alkanes) is 5. The largest absolute Gasteiger partial charge is 0.462 e. The van der Waals surface area contributed by atoms with Gasteiger partial charge in [0.2, 0.25) is 0 Å². The Morgan fingerprint density at radius 1 is 1.20 bits per heavy atom. The molecular formula is C13H24O2. The quantitative estimate of drug-likeness (QED) is 0.475. The number of hydrogen-bond acceptors (Lipinski definition) is 2. The van der Waals surface area contributed by atoms with Gasteiger partial charge in [-0.25, -0.2) is 0 Å². The highest BCUT2D eigenvalue weighted by Crippen LogP contribution is 2.25. The van der Waals surface area contributed by atoms with Crippen molar-refractivity contribution in [2.45, 2.75) is 71.3 Å². The van der Waals surface area contributed by atoms with E-state index in [-0.39, 0.29) is 18.0 Å². The molecule has 2 nitrogen and oxygen atoms in total. The Kier molecular flexibility index (Phi) is 5.74. The molecule has 0 N–H and O–H groups in total. The number of hydrogen-bond donors (Lipinski definition) is 0. The minimum atomic E-state index is 0.0380. The number of rotatable bonds is 7. The van der Waals surface area contributed by atoms with Gasteiger partial charge in [0, 0.05) is 0 Å². The van der Waals surface area contributed by atoms with Gasteiger partial charge >= 0.3 is 5.97 Å². The topological polar surface area (TPSA) is 26.3 Å². The summed E-state index contributed by atoms with van der Waals surface area (Å²) in [4.78, 5) is 11.3. The van der Waals surface area contributed by atoms with Gasteiger partial charge in [0.15, 0.2) is 0 Å². The fraction of sp³-hybridized carbons (Fsp3) is 0.923. The highest BCUT2D eigenvalue weighted by Gasteiger charge is 2.30. The van der Waals surface area contributed by atoms with Crippen LogP contribution in [0.1, 0.15) is 65.2 Å². The molecule has 0 aliphatic carbocycles. The first-order chi connectivity index (χ1) is 7.24. The molecule has 0 saturated carbocycles. The zero-order valence-corrected chi connectivity index (χ0v) is 10.1. The molecule has 0 radical (unpaired) electrons. The average Bonchev–Trinajstić information content (AvgIpc) is 2.51. The first-order valence-corrected chi connectivity index (χ1v) is 6.44. The van der Waals surface area contributed by atoms with Crippen molar-refractivity contribution in [3.63, 3.8) is 0 Å². The van der Waals surface area contributed by atoms with Gasteiger partial charge in [0.25, 0.3) is 0 Å². The van der Waals surface area contributed by atoms with Crippen LogP contribution in [0.3, 0.4) is 0 Å². The van der Waals surface area contributed by atoms with Crippen LogP contribution < -0.4 is 0 Å². The molecule has 0 aromatic heterocycles. The van der Waals surface area contributed by atoms with Crippen LogP contribution in [0.4, 0.5) is 0 Å². The first kappa shape index (κ1) is 12.5. The van der Waals surface area contributed by atoms with Crippen molar-refractivity contribution in [1.29, 1.82) is 0 Å². The molecule has 2 atom stereocenters. The van der Waals surface area contributed by atoms with Crippen molar-refractivity contribution >= 4 is 5.97 Å². The van der Waals surface area contributed by atoms with Crippen LogP contribution in [0.15, 0.2) is 0 Å². The minimum Gasteiger partial charge on any atom is -0.462 e. The smallest absolute Gasteiger partial charge is 0.309 e. The zero-order chi connectivity index (χ0) is 11.1. The van der Waals surface area contributed by atoms with Crippen molar-refractivity contribution < 1.29 is 9.53 Å². The molecule has 1 fully saturated rings. The summed E-state index contributed by atoms with van der Waals surface area (Å²) < 4.78 is 5.13. The lowest BCUT2D eigenvalue weighted by Gasteiger charge is -2.04. The summed E-state index contributed by atoms with van der Waals surface area (Å²) in [6.45, 7) is 4.22. The SMILES string of the molecule is CCCCCCCCC1C[C@H](C)OC1=O. The van der Waals surface area contributed by atoms with Crippen LogP contribution in [0.25, 0.3) is 0 Å². The van der Waals surface area contributed by atoms with Crippen molar-refractivity contribution in [1.82, 2.24) is 0 Å². The normalized spacial score (nSPS) is 25.6. The van der Waals surface area contributed by atoms with Gasteiger partial charge in [-0.05, 0) is 19.8 Å². The second kappa shape index (κ2) is 6.86. The van der Waals surface area contributed by atoms with Gasteiger partial charge in [0.05, 0.1) is 12.0 Å². The standard InChI is InChI=1S/C13H24O2/c1-3-4-5-6-7-8-9-12-10-11(2)15-13(12)14/h11-12H,3-10H2,1-2H3/t11-,12?/m0/s1. The molecule has 0 spiro atoms. The highest BCUT2D eigenvalue weighted by atomic mass is 16.5. The molecule has 2 heteroatoms. The van der Waals surface area contributed by atoms with E-state index in [1.807, 2.05) is 6.92 Å². The molecule has 0 bridgehead atoms. The summed E-state index contributed by atoms with van der Waals surface area (Å²) >= 11 is 0. The van der Waals surface area contributed by atoms with Crippen molar-refractivity contribution in [2.75, 3.05) is 0 Å². The van der Waals surface area contributed by atoms with E-state index in [2.05, 4.69) is 6.92 Å². The molecule has 1 aliphatic rings. The van der Waals surface area contributed by atoms with Crippen LogP contribution >= 0.6 is 0 Å². The Labute approximate surface area is 93.4 Å². The molecule has 1 heterocycles. The lowest BCUT2D eigenvalue weighted by atomic mass is 9.97. The Bertz CT molecular complexity index is 189. The third kappa shape index (κ3) is 4.67. The molecule has 0 aromatic rings. The summed E-state index contributed by atoms with van der Waals surface area (Å²) in [7, 11) is 0. The van der Waals surface area contributed by atoms with Gasteiger partial charge in [-0.1, -0.05) is 45.4 Å². The predicted octanol–water partition coefficient (Wildman–Crippen LogP) is 3.69. The Balaban J connectivity index is 1.98. The maximum atomic E-state index is 11.3. The average molecular weight is 212 g/mol. The summed E-state index contributed by atoms with van der Waals surface area (Å²) in [6, 6.07) is 0. The molecule has 0 amide bonds. The monoisotopic (exact) mass is 212 g/mol. The van der Waals surface area contributed by atoms with Crippen LogP contribution in [0, 0.1) is 5.92 Å². The van der Waals surface area contributed by atoms with Crippen LogP contribution in [0.2, 0.25) is 0 Å². The molecule has 1 saturated heterocycles. The Morgan fingerprint density at radius 3 is 2.47 bits per heavy atom. The molecule has 15 heavy (non-hydrogen) atoms. The third-order valence-electron chi connectivity index (χ3n) is 3.17. The molecule has 1 rings (SSSR count). The first-order valence-electron chi connectivity index (χ1n) is 6.44. The van der Waals surface area contributed by atoms with Gasteiger partial charge < -0.3 is 4.74 Å². The van der Waals surface area contributed by atoms with Crippen LogP contribution in [-0.2, 0) is 9.53 Å². The number of cyclic esters (lactones) is 1. The van der Waals surface area contributed by atoms with E-state index in [9.17, 15) is 4.79 Å². The van der Waals surface area contributed by atoms with Crippen LogP contribution in [-0.4, -0.2) is 12.1 Å². The van der Waals surface area contributed by atoms with Gasteiger partial charge in [-0.3, -0.25) is 4.79 Å². The summed E-state index contributed by atoms with van der Waals surface area (Å²) in [6.07, 6.45) is 9.92. The second-order valence-corrected chi connectivity index (χ2v) is 4.74. The molecular weight excluding hydrogens is 188 g/mol. The molecule has 1 aliphatic heterocycles. The molecule has 0 aromatic carbocycles. The lowest BCUT2D eigenvalue weighted by Crippen LogP contribution is -2.07. The van der Waals surface area contributed by atoms with Crippen molar-refractivity contribution in [3.05, 3.63) is 0 Å². The predicted molar refractivity (Wildman–Crippen MR) is 61.7 cm³/mol. The van der Waals surface area contributed by atoms with E-state index >= 15 is 0 Å². The fourth-order valence-corrected chi connectivity index (χ4v) is 2.25. The number of esters is 1. The Hall–Kier alpha value is -0.530. The van der Waals surface area contributed by atoms with E-state index in [0.29, 0.717) is 0 Å². The van der Waals surface area contributed by atoms with Gasteiger partial charge in [0.1, 0.15) is 0 Å². The van der Waals surface area contributed by atoms with Crippen LogP contribution in [0.5, 0.6) is 0 Å². The van der Waals surface area contributed by atoms with E-state index in [0.717, 1.165) is 12.8 Å². The molecule has 88 valence electrons. The minimum absolute atomic E-state index is 0.0380. The van der Waals surface area contributed by atoms with E-state index < -0.39 is 0 Å². The fourth-order valence-electron chi connectivity index (χ4n) is 2.25. The summed E-state index contributed by atoms with van der Waals surface area (Å²) in [5.74, 6) is 0.238. The van der Waals surface area contributed by atoms with Gasteiger partial charge in [-0.2, -0.15) is 0 Å². The number of carbonyl (C=O) groups is 1. The number of carbonyl (C=O) groups excluding carboxylic acids is 1.